The molecule has 25 heavy (non-hydrogen) atoms. The van der Waals surface area contributed by atoms with Gasteiger partial charge in [0, 0.05) is 17.2 Å². The molecule has 0 radical (unpaired) electrons. The maximum Gasteiger partial charge on any atom is 0.231 e. The van der Waals surface area contributed by atoms with Crippen molar-refractivity contribution in [2.24, 2.45) is 0 Å². The summed E-state index contributed by atoms with van der Waals surface area (Å²) in [4.78, 5) is 0. The number of rotatable bonds is 4. The molecule has 0 bridgehead atoms. The molecule has 3 N–H and O–H groups in total. The largest absolute Gasteiger partial charge is 0.508 e. The fourth-order valence-electron chi connectivity index (χ4n) is 3.07. The van der Waals surface area contributed by atoms with Gasteiger partial charge in [-0.15, -0.1) is 0 Å². The van der Waals surface area contributed by atoms with Crippen molar-refractivity contribution in [3.05, 3.63) is 42.1 Å². The number of aromatic hydroxyl groups is 2. The summed E-state index contributed by atoms with van der Waals surface area (Å²) in [7, 11) is 0. The summed E-state index contributed by atoms with van der Waals surface area (Å²) in [5.74, 6) is 1.51. The third-order valence-corrected chi connectivity index (χ3v) is 4.31. The average Bonchev–Trinajstić information content (AvgIpc) is 3.25. The molecular formula is C19H18N2O4. The lowest BCUT2D eigenvalue weighted by molar-refractivity contribution is 0.174. The Balaban J connectivity index is 1.81. The van der Waals surface area contributed by atoms with Gasteiger partial charge in [0.05, 0.1) is 11.9 Å². The van der Waals surface area contributed by atoms with Crippen molar-refractivity contribution in [1.82, 2.24) is 10.2 Å². The molecule has 0 saturated heterocycles. The average molecular weight is 338 g/mol. The first-order valence-electron chi connectivity index (χ1n) is 8.16. The minimum atomic E-state index is 0.00333. The van der Waals surface area contributed by atoms with Crippen LogP contribution in [0.2, 0.25) is 0 Å². The molecule has 4 rings (SSSR count). The molecule has 1 aromatic heterocycles. The van der Waals surface area contributed by atoms with E-state index < -0.39 is 0 Å². The van der Waals surface area contributed by atoms with Gasteiger partial charge in [0.15, 0.2) is 11.5 Å². The molecule has 2 heterocycles. The molecule has 0 amide bonds. The number of phenolic OH excluding ortho intramolecular Hbond substituents is 2. The molecule has 0 spiro atoms. The monoisotopic (exact) mass is 338 g/mol. The number of hydrogen-bond acceptors (Lipinski definition) is 5. The van der Waals surface area contributed by atoms with E-state index in [0.717, 1.165) is 29.5 Å². The van der Waals surface area contributed by atoms with Crippen LogP contribution in [0.3, 0.4) is 0 Å². The van der Waals surface area contributed by atoms with Crippen molar-refractivity contribution in [3.8, 4) is 45.4 Å². The second-order valence-electron chi connectivity index (χ2n) is 5.97. The van der Waals surface area contributed by atoms with Crippen LogP contribution in [0.4, 0.5) is 0 Å². The first-order chi connectivity index (χ1) is 12.2. The van der Waals surface area contributed by atoms with Crippen LogP contribution < -0.4 is 9.47 Å². The molecule has 3 aromatic rings. The number of nitrogens with one attached hydrogen (secondary N) is 1. The highest BCUT2D eigenvalue weighted by Crippen LogP contribution is 2.41. The van der Waals surface area contributed by atoms with E-state index in [1.807, 2.05) is 25.1 Å². The topological polar surface area (TPSA) is 87.6 Å². The van der Waals surface area contributed by atoms with Crippen molar-refractivity contribution >= 4 is 0 Å². The Bertz CT molecular complexity index is 933. The van der Waals surface area contributed by atoms with Gasteiger partial charge < -0.3 is 19.7 Å². The Morgan fingerprint density at radius 2 is 1.88 bits per heavy atom. The molecule has 2 aromatic carbocycles. The van der Waals surface area contributed by atoms with E-state index in [1.54, 1.807) is 12.3 Å². The van der Waals surface area contributed by atoms with Crippen LogP contribution in [0.25, 0.3) is 22.4 Å². The SMILES string of the molecule is CCCc1cc(-c2[nH]ncc2-c2ccc3c(c2)OCO3)c(O)cc1O. The van der Waals surface area contributed by atoms with E-state index in [1.165, 1.54) is 6.07 Å². The smallest absolute Gasteiger partial charge is 0.231 e. The van der Waals surface area contributed by atoms with Crippen LogP contribution in [0.5, 0.6) is 23.0 Å². The van der Waals surface area contributed by atoms with Crippen LogP contribution in [-0.2, 0) is 6.42 Å². The summed E-state index contributed by atoms with van der Waals surface area (Å²) < 4.78 is 10.8. The lowest BCUT2D eigenvalue weighted by atomic mass is 9.97. The highest BCUT2D eigenvalue weighted by atomic mass is 16.7. The third-order valence-electron chi connectivity index (χ3n) is 4.31. The van der Waals surface area contributed by atoms with E-state index in [-0.39, 0.29) is 18.3 Å². The van der Waals surface area contributed by atoms with Crippen molar-refractivity contribution in [2.75, 3.05) is 6.79 Å². The standard InChI is InChI=1S/C19H18N2O4/c1-2-3-12-6-13(16(23)8-15(12)22)19-14(9-20-21-19)11-4-5-17-18(7-11)25-10-24-17/h4-9,22-23H,2-3,10H2,1H3,(H,20,21). The first-order valence-corrected chi connectivity index (χ1v) is 8.16. The molecule has 0 unspecified atom stereocenters. The van der Waals surface area contributed by atoms with Gasteiger partial charge in [0.2, 0.25) is 6.79 Å². The summed E-state index contributed by atoms with van der Waals surface area (Å²) in [6.45, 7) is 2.26. The Labute approximate surface area is 144 Å². The van der Waals surface area contributed by atoms with E-state index in [4.69, 9.17) is 9.47 Å². The number of aromatic nitrogens is 2. The van der Waals surface area contributed by atoms with E-state index in [0.29, 0.717) is 22.8 Å². The van der Waals surface area contributed by atoms with Gasteiger partial charge in [0.1, 0.15) is 11.5 Å². The van der Waals surface area contributed by atoms with Gasteiger partial charge >= 0.3 is 0 Å². The number of aryl methyl sites for hydroxylation is 1. The van der Waals surface area contributed by atoms with Gasteiger partial charge in [-0.05, 0) is 35.7 Å². The lowest BCUT2D eigenvalue weighted by Crippen LogP contribution is -1.92. The predicted molar refractivity (Wildman–Crippen MR) is 92.9 cm³/mol. The van der Waals surface area contributed by atoms with Gasteiger partial charge in [-0.3, -0.25) is 5.10 Å². The van der Waals surface area contributed by atoms with Gasteiger partial charge in [-0.1, -0.05) is 19.4 Å². The fourth-order valence-corrected chi connectivity index (χ4v) is 3.07. The number of fused-ring (bicyclic) bond motifs is 1. The zero-order chi connectivity index (χ0) is 17.4. The molecule has 128 valence electrons. The molecule has 0 saturated carbocycles. The molecule has 1 aliphatic heterocycles. The minimum Gasteiger partial charge on any atom is -0.508 e. The van der Waals surface area contributed by atoms with Crippen LogP contribution in [0.15, 0.2) is 36.5 Å². The molecule has 0 aliphatic carbocycles. The Kier molecular flexibility index (Phi) is 3.72. The van der Waals surface area contributed by atoms with E-state index in [2.05, 4.69) is 10.2 Å². The maximum absolute atomic E-state index is 10.3. The number of nitrogens with zero attached hydrogens (tertiary/aromatic N) is 1. The minimum absolute atomic E-state index is 0.00333. The first kappa shape index (κ1) is 15.4. The Morgan fingerprint density at radius 3 is 2.72 bits per heavy atom. The van der Waals surface area contributed by atoms with E-state index in [9.17, 15) is 10.2 Å². The lowest BCUT2D eigenvalue weighted by Gasteiger charge is -2.10. The zero-order valence-corrected chi connectivity index (χ0v) is 13.7. The van der Waals surface area contributed by atoms with Crippen molar-refractivity contribution in [3.63, 3.8) is 0 Å². The number of aromatic amines is 1. The summed E-state index contributed by atoms with van der Waals surface area (Å²) in [5.41, 5.74) is 3.82. The van der Waals surface area contributed by atoms with Gasteiger partial charge in [-0.25, -0.2) is 0 Å². The summed E-state index contributed by atoms with van der Waals surface area (Å²) in [5, 5.41) is 27.4. The van der Waals surface area contributed by atoms with Crippen molar-refractivity contribution in [1.29, 1.82) is 0 Å². The number of phenols is 2. The highest BCUT2D eigenvalue weighted by Gasteiger charge is 2.19. The van der Waals surface area contributed by atoms with Crippen LogP contribution in [-0.4, -0.2) is 27.2 Å². The maximum atomic E-state index is 10.3. The van der Waals surface area contributed by atoms with Gasteiger partial charge in [0.25, 0.3) is 0 Å². The summed E-state index contributed by atoms with van der Waals surface area (Å²) >= 11 is 0. The summed E-state index contributed by atoms with van der Waals surface area (Å²) in [6.07, 6.45) is 3.33. The van der Waals surface area contributed by atoms with Crippen molar-refractivity contribution < 1.29 is 19.7 Å². The van der Waals surface area contributed by atoms with E-state index >= 15 is 0 Å². The molecule has 1 aliphatic rings. The molecule has 6 nitrogen and oxygen atoms in total. The van der Waals surface area contributed by atoms with Crippen LogP contribution >= 0.6 is 0 Å². The molecular weight excluding hydrogens is 320 g/mol. The number of benzene rings is 2. The fraction of sp³-hybridized carbons (Fsp3) is 0.211. The Morgan fingerprint density at radius 1 is 1.04 bits per heavy atom. The molecule has 0 atom stereocenters. The number of hydrogen-bond donors (Lipinski definition) is 3. The second kappa shape index (κ2) is 6.05. The third kappa shape index (κ3) is 2.65. The normalized spacial score (nSPS) is 12.5. The number of H-pyrrole nitrogens is 1. The van der Waals surface area contributed by atoms with Crippen LogP contribution in [0, 0.1) is 0 Å². The zero-order valence-electron chi connectivity index (χ0n) is 13.7. The van der Waals surface area contributed by atoms with Crippen molar-refractivity contribution in [2.45, 2.75) is 19.8 Å². The quantitative estimate of drug-likeness (QED) is 0.673. The van der Waals surface area contributed by atoms with Gasteiger partial charge in [-0.2, -0.15) is 5.10 Å². The Hall–Kier alpha value is -3.15. The van der Waals surface area contributed by atoms with Crippen LogP contribution in [0.1, 0.15) is 18.9 Å². The molecule has 6 heteroatoms. The summed E-state index contributed by atoms with van der Waals surface area (Å²) in [6, 6.07) is 8.85. The highest BCUT2D eigenvalue weighted by molar-refractivity contribution is 5.84. The second-order valence-corrected chi connectivity index (χ2v) is 5.97. The molecule has 0 fully saturated rings. The predicted octanol–water partition coefficient (Wildman–Crippen LogP) is 3.84. The number of ether oxygens (including phenoxy) is 2.